The molecule has 1 atom stereocenters. The van der Waals surface area contributed by atoms with Crippen LogP contribution in [0.15, 0.2) is 0 Å². The number of carbonyl (C=O) groups excluding carboxylic acids is 2. The molecule has 0 aliphatic heterocycles. The first-order valence-corrected chi connectivity index (χ1v) is 2.52. The van der Waals surface area contributed by atoms with E-state index in [0.717, 1.165) is 0 Å². The van der Waals surface area contributed by atoms with Crippen LogP contribution in [-0.4, -0.2) is 24.6 Å². The molecule has 6 nitrogen and oxygen atoms in total. The number of hydrogen-bond donors (Lipinski definition) is 3. The Kier molecular flexibility index (Phi) is 3.37. The summed E-state index contributed by atoms with van der Waals surface area (Å²) in [6.07, 6.45) is -1.39. The van der Waals surface area contributed by atoms with Crippen molar-refractivity contribution in [1.29, 1.82) is 0 Å². The van der Waals surface area contributed by atoms with Crippen LogP contribution in [0.25, 0.3) is 0 Å². The molecule has 0 fully saturated rings. The second-order valence-electron chi connectivity index (χ2n) is 1.52. The fourth-order valence-corrected chi connectivity index (χ4v) is 0.248. The second-order valence-corrected chi connectivity index (χ2v) is 1.52. The Morgan fingerprint density at radius 2 is 2.00 bits per heavy atom. The summed E-state index contributed by atoms with van der Waals surface area (Å²) in [6.45, 7) is -0.318. The normalized spacial score (nSPS) is 12.2. The Balaban J connectivity index is 3.68. The van der Waals surface area contributed by atoms with Crippen LogP contribution >= 0.6 is 0 Å². The summed E-state index contributed by atoms with van der Waals surface area (Å²) in [6, 6.07) is 0. The Morgan fingerprint density at radius 3 is 2.30 bits per heavy atom. The zero-order valence-electron chi connectivity index (χ0n) is 5.24. The average molecular weight is 147 g/mol. The van der Waals surface area contributed by atoms with Gasteiger partial charge >= 0.3 is 5.97 Å². The fourth-order valence-electron chi connectivity index (χ4n) is 0.248. The molecule has 0 aromatic heterocycles. The van der Waals surface area contributed by atoms with E-state index in [1.807, 2.05) is 0 Å². The van der Waals surface area contributed by atoms with Gasteiger partial charge in [-0.1, -0.05) is 0 Å². The van der Waals surface area contributed by atoms with Crippen molar-refractivity contribution < 1.29 is 14.3 Å². The van der Waals surface area contributed by atoms with Crippen molar-refractivity contribution in [3.63, 3.8) is 0 Å². The van der Waals surface area contributed by atoms with E-state index in [0.29, 0.717) is 0 Å². The molecule has 6 N–H and O–H groups in total. The Labute approximate surface area is 57.3 Å². The second kappa shape index (κ2) is 3.80. The van der Waals surface area contributed by atoms with Gasteiger partial charge in [0, 0.05) is 0 Å². The lowest BCUT2D eigenvalue weighted by Crippen LogP contribution is -2.41. The molecule has 0 radical (unpaired) electrons. The smallest absolute Gasteiger partial charge is 0.321 e. The van der Waals surface area contributed by atoms with Crippen molar-refractivity contribution >= 4 is 11.9 Å². The minimum Gasteiger partial charge on any atom is -0.436 e. The lowest BCUT2D eigenvalue weighted by atomic mass is 10.5. The topological polar surface area (TPSA) is 121 Å². The molecule has 0 aliphatic carbocycles. The predicted octanol–water partition coefficient (Wildman–Crippen LogP) is -2.74. The van der Waals surface area contributed by atoms with Crippen LogP contribution in [0.4, 0.5) is 0 Å². The molecule has 0 heterocycles. The molecule has 58 valence electrons. The predicted molar refractivity (Wildman–Crippen MR) is 32.3 cm³/mol. The van der Waals surface area contributed by atoms with E-state index in [1.165, 1.54) is 0 Å². The molecule has 0 aromatic rings. The van der Waals surface area contributed by atoms with Gasteiger partial charge in [-0.2, -0.15) is 0 Å². The molecular weight excluding hydrogens is 138 g/mol. The summed E-state index contributed by atoms with van der Waals surface area (Å²) in [5.41, 5.74) is 14.4. The molecule has 0 spiro atoms. The maximum absolute atomic E-state index is 10.3. The van der Waals surface area contributed by atoms with E-state index in [4.69, 9.17) is 11.5 Å². The third-order valence-corrected chi connectivity index (χ3v) is 0.705. The average Bonchev–Trinajstić information content (AvgIpc) is 1.87. The van der Waals surface area contributed by atoms with Crippen LogP contribution in [0, 0.1) is 0 Å². The van der Waals surface area contributed by atoms with Crippen molar-refractivity contribution in [3.8, 4) is 0 Å². The van der Waals surface area contributed by atoms with Crippen molar-refractivity contribution in [2.45, 2.75) is 6.23 Å². The molecule has 1 amide bonds. The van der Waals surface area contributed by atoms with Crippen molar-refractivity contribution in [1.82, 2.24) is 0 Å². The fraction of sp³-hybridized carbons (Fsp3) is 0.500. The third kappa shape index (κ3) is 3.00. The highest BCUT2D eigenvalue weighted by molar-refractivity contribution is 5.82. The molecule has 0 bridgehead atoms. The molecule has 10 heavy (non-hydrogen) atoms. The molecular formula is C4H9N3O3. The van der Waals surface area contributed by atoms with Gasteiger partial charge in [-0.3, -0.25) is 15.3 Å². The summed E-state index contributed by atoms with van der Waals surface area (Å²) in [4.78, 5) is 20.4. The maximum Gasteiger partial charge on any atom is 0.321 e. The minimum absolute atomic E-state index is 0.318. The van der Waals surface area contributed by atoms with Crippen LogP contribution in [0.5, 0.6) is 0 Å². The monoisotopic (exact) mass is 147 g/mol. The first kappa shape index (κ1) is 8.86. The number of ether oxygens (including phenoxy) is 1. The van der Waals surface area contributed by atoms with Crippen molar-refractivity contribution in [2.24, 2.45) is 17.2 Å². The first-order valence-electron chi connectivity index (χ1n) is 2.52. The highest BCUT2D eigenvalue weighted by Crippen LogP contribution is 1.80. The zero-order chi connectivity index (χ0) is 8.15. The van der Waals surface area contributed by atoms with E-state index < -0.39 is 18.1 Å². The highest BCUT2D eigenvalue weighted by atomic mass is 16.6. The van der Waals surface area contributed by atoms with E-state index in [9.17, 15) is 9.59 Å². The Bertz CT molecular complexity index is 147. The van der Waals surface area contributed by atoms with E-state index in [1.54, 1.807) is 0 Å². The summed E-state index contributed by atoms with van der Waals surface area (Å²) < 4.78 is 4.20. The van der Waals surface area contributed by atoms with Gasteiger partial charge in [0.2, 0.25) is 6.23 Å². The standard InChI is InChI=1S/C4H9N3O3/c5-1-2(8)10-4(7)3(6)9/h4H,1,5,7H2,(H2,6,9). The first-order chi connectivity index (χ1) is 4.57. The van der Waals surface area contributed by atoms with Gasteiger partial charge in [0.05, 0.1) is 6.54 Å². The van der Waals surface area contributed by atoms with Crippen molar-refractivity contribution in [3.05, 3.63) is 0 Å². The number of primary amides is 1. The van der Waals surface area contributed by atoms with Gasteiger partial charge < -0.3 is 16.2 Å². The van der Waals surface area contributed by atoms with Crippen LogP contribution < -0.4 is 17.2 Å². The molecule has 0 saturated heterocycles. The van der Waals surface area contributed by atoms with E-state index in [2.05, 4.69) is 10.5 Å². The van der Waals surface area contributed by atoms with E-state index in [-0.39, 0.29) is 6.54 Å². The summed E-state index contributed by atoms with van der Waals surface area (Å²) >= 11 is 0. The third-order valence-electron chi connectivity index (χ3n) is 0.705. The summed E-state index contributed by atoms with van der Waals surface area (Å²) in [5.74, 6) is -1.66. The zero-order valence-corrected chi connectivity index (χ0v) is 5.24. The number of nitrogens with two attached hydrogens (primary N) is 3. The van der Waals surface area contributed by atoms with Gasteiger partial charge in [0.25, 0.3) is 5.91 Å². The lowest BCUT2D eigenvalue weighted by molar-refractivity contribution is -0.153. The Hall–Kier alpha value is -1.14. The Morgan fingerprint density at radius 1 is 1.50 bits per heavy atom. The molecule has 6 heteroatoms. The molecule has 1 unspecified atom stereocenters. The van der Waals surface area contributed by atoms with Crippen LogP contribution in [0.2, 0.25) is 0 Å². The minimum atomic E-state index is -1.39. The van der Waals surface area contributed by atoms with Crippen LogP contribution in [0.1, 0.15) is 0 Å². The number of esters is 1. The molecule has 0 rings (SSSR count). The van der Waals surface area contributed by atoms with Gasteiger partial charge in [0.1, 0.15) is 0 Å². The van der Waals surface area contributed by atoms with Gasteiger partial charge in [-0.25, -0.2) is 0 Å². The number of amides is 1. The lowest BCUT2D eigenvalue weighted by Gasteiger charge is -2.06. The maximum atomic E-state index is 10.3. The van der Waals surface area contributed by atoms with Crippen LogP contribution in [-0.2, 0) is 14.3 Å². The van der Waals surface area contributed by atoms with Gasteiger partial charge in [-0.15, -0.1) is 0 Å². The van der Waals surface area contributed by atoms with Gasteiger partial charge in [0.15, 0.2) is 0 Å². The number of hydrogen-bond acceptors (Lipinski definition) is 5. The number of carbonyl (C=O) groups is 2. The molecule has 0 aromatic carbocycles. The quantitative estimate of drug-likeness (QED) is 0.295. The van der Waals surface area contributed by atoms with Crippen LogP contribution in [0.3, 0.4) is 0 Å². The molecule has 0 saturated carbocycles. The van der Waals surface area contributed by atoms with Gasteiger partial charge in [-0.05, 0) is 0 Å². The van der Waals surface area contributed by atoms with Crippen molar-refractivity contribution in [2.75, 3.05) is 6.54 Å². The summed E-state index contributed by atoms with van der Waals surface area (Å²) in [5, 5.41) is 0. The van der Waals surface area contributed by atoms with E-state index >= 15 is 0 Å². The summed E-state index contributed by atoms with van der Waals surface area (Å²) in [7, 11) is 0. The highest BCUT2D eigenvalue weighted by Gasteiger charge is 2.12. The number of rotatable bonds is 3. The largest absolute Gasteiger partial charge is 0.436 e. The molecule has 0 aliphatic rings. The SMILES string of the molecule is NCC(=O)OC(N)C(N)=O.